The van der Waals surface area contributed by atoms with Gasteiger partial charge in [-0.05, 0) is 37.1 Å². The molecule has 1 nitrogen and oxygen atoms in total. The number of rotatable bonds is 2. The van der Waals surface area contributed by atoms with Gasteiger partial charge in [-0.3, -0.25) is 4.99 Å². The van der Waals surface area contributed by atoms with Crippen LogP contribution in [0.25, 0.3) is 0 Å². The number of nitrogens with zero attached hydrogens (tertiary/aromatic N) is 1. The summed E-state index contributed by atoms with van der Waals surface area (Å²) in [6, 6.07) is 13.8. The SMILES string of the molecule is Cc1cccc(N=Cc2ccccc2Cl)c1C. The van der Waals surface area contributed by atoms with Gasteiger partial charge in [-0.2, -0.15) is 0 Å². The molecular formula is C15H14ClN. The summed E-state index contributed by atoms with van der Waals surface area (Å²) in [5.74, 6) is 0. The number of aryl methyl sites for hydroxylation is 1. The largest absolute Gasteiger partial charge is 0.256 e. The molecule has 0 aliphatic carbocycles. The van der Waals surface area contributed by atoms with Gasteiger partial charge in [0.2, 0.25) is 0 Å². The van der Waals surface area contributed by atoms with Crippen LogP contribution < -0.4 is 0 Å². The highest BCUT2D eigenvalue weighted by atomic mass is 35.5. The summed E-state index contributed by atoms with van der Waals surface area (Å²) >= 11 is 6.07. The van der Waals surface area contributed by atoms with E-state index in [-0.39, 0.29) is 0 Å². The summed E-state index contributed by atoms with van der Waals surface area (Å²) in [4.78, 5) is 4.49. The summed E-state index contributed by atoms with van der Waals surface area (Å²) in [7, 11) is 0. The van der Waals surface area contributed by atoms with Gasteiger partial charge in [-0.1, -0.05) is 41.9 Å². The Morgan fingerprint density at radius 3 is 2.53 bits per heavy atom. The van der Waals surface area contributed by atoms with Crippen LogP contribution in [0.4, 0.5) is 5.69 Å². The van der Waals surface area contributed by atoms with Crippen molar-refractivity contribution in [3.05, 3.63) is 64.2 Å². The average molecular weight is 244 g/mol. The molecule has 2 rings (SSSR count). The monoisotopic (exact) mass is 243 g/mol. The minimum atomic E-state index is 0.724. The highest BCUT2D eigenvalue weighted by Gasteiger charge is 1.99. The van der Waals surface area contributed by atoms with Crippen molar-refractivity contribution in [1.82, 2.24) is 0 Å². The lowest BCUT2D eigenvalue weighted by Crippen LogP contribution is -1.84. The summed E-state index contributed by atoms with van der Waals surface area (Å²) < 4.78 is 0. The van der Waals surface area contributed by atoms with Crippen molar-refractivity contribution in [2.75, 3.05) is 0 Å². The fraction of sp³-hybridized carbons (Fsp3) is 0.133. The van der Waals surface area contributed by atoms with Gasteiger partial charge >= 0.3 is 0 Å². The van der Waals surface area contributed by atoms with E-state index in [0.717, 1.165) is 16.3 Å². The van der Waals surface area contributed by atoms with Crippen LogP contribution in [0.1, 0.15) is 16.7 Å². The van der Waals surface area contributed by atoms with Gasteiger partial charge in [0.1, 0.15) is 0 Å². The molecule has 0 aromatic heterocycles. The lowest BCUT2D eigenvalue weighted by molar-refractivity contribution is 1.31. The molecule has 0 aliphatic rings. The minimum Gasteiger partial charge on any atom is -0.256 e. The molecule has 2 aromatic rings. The second-order valence-electron chi connectivity index (χ2n) is 4.00. The van der Waals surface area contributed by atoms with E-state index in [9.17, 15) is 0 Å². The minimum absolute atomic E-state index is 0.724. The van der Waals surface area contributed by atoms with Crippen LogP contribution in [0, 0.1) is 13.8 Å². The third kappa shape index (κ3) is 2.75. The molecule has 0 heterocycles. The van der Waals surface area contributed by atoms with Crippen molar-refractivity contribution in [2.24, 2.45) is 4.99 Å². The fourth-order valence-corrected chi connectivity index (χ4v) is 1.78. The summed E-state index contributed by atoms with van der Waals surface area (Å²) in [5, 5.41) is 0.724. The van der Waals surface area contributed by atoms with Crippen LogP contribution in [0.2, 0.25) is 5.02 Å². The van der Waals surface area contributed by atoms with Crippen LogP contribution in [0.3, 0.4) is 0 Å². The molecule has 0 aliphatic heterocycles. The number of hydrogen-bond acceptors (Lipinski definition) is 1. The molecule has 0 N–H and O–H groups in total. The van der Waals surface area contributed by atoms with E-state index in [0.29, 0.717) is 0 Å². The van der Waals surface area contributed by atoms with E-state index in [1.165, 1.54) is 11.1 Å². The predicted molar refractivity (Wildman–Crippen MR) is 74.6 cm³/mol. The number of benzene rings is 2. The Balaban J connectivity index is 2.33. The van der Waals surface area contributed by atoms with Gasteiger partial charge < -0.3 is 0 Å². The average Bonchev–Trinajstić information content (AvgIpc) is 2.33. The Morgan fingerprint density at radius 1 is 1.00 bits per heavy atom. The zero-order chi connectivity index (χ0) is 12.3. The second kappa shape index (κ2) is 5.15. The zero-order valence-electron chi connectivity index (χ0n) is 9.94. The van der Waals surface area contributed by atoms with Gasteiger partial charge in [0.05, 0.1) is 5.69 Å². The Kier molecular flexibility index (Phi) is 3.60. The third-order valence-electron chi connectivity index (χ3n) is 2.82. The van der Waals surface area contributed by atoms with Gasteiger partial charge in [-0.15, -0.1) is 0 Å². The molecule has 2 heteroatoms. The predicted octanol–water partition coefficient (Wildman–Crippen LogP) is 4.71. The number of halogens is 1. The molecule has 0 amide bonds. The maximum Gasteiger partial charge on any atom is 0.0661 e. The van der Waals surface area contributed by atoms with E-state index in [1.54, 1.807) is 0 Å². The Hall–Kier alpha value is -1.60. The van der Waals surface area contributed by atoms with Gasteiger partial charge in [0.15, 0.2) is 0 Å². The normalized spacial score (nSPS) is 11.0. The Morgan fingerprint density at radius 2 is 1.76 bits per heavy atom. The zero-order valence-corrected chi connectivity index (χ0v) is 10.7. The number of hydrogen-bond donors (Lipinski definition) is 0. The van der Waals surface area contributed by atoms with Gasteiger partial charge in [0, 0.05) is 16.8 Å². The van der Waals surface area contributed by atoms with Crippen LogP contribution in [0.5, 0.6) is 0 Å². The maximum absolute atomic E-state index is 6.07. The lowest BCUT2D eigenvalue weighted by atomic mass is 10.1. The van der Waals surface area contributed by atoms with E-state index >= 15 is 0 Å². The Bertz CT molecular complexity index is 559. The smallest absolute Gasteiger partial charge is 0.0661 e. The van der Waals surface area contributed by atoms with Crippen LogP contribution in [0.15, 0.2) is 47.5 Å². The van der Waals surface area contributed by atoms with Crippen LogP contribution in [-0.2, 0) is 0 Å². The van der Waals surface area contributed by atoms with Crippen LogP contribution >= 0.6 is 11.6 Å². The molecule has 86 valence electrons. The third-order valence-corrected chi connectivity index (χ3v) is 3.17. The first-order valence-corrected chi connectivity index (χ1v) is 5.91. The summed E-state index contributed by atoms with van der Waals surface area (Å²) in [6.45, 7) is 4.17. The fourth-order valence-electron chi connectivity index (χ4n) is 1.59. The number of aliphatic imine (C=N–C) groups is 1. The molecule has 2 aromatic carbocycles. The van der Waals surface area contributed by atoms with E-state index in [1.807, 2.05) is 42.6 Å². The van der Waals surface area contributed by atoms with Gasteiger partial charge in [0.25, 0.3) is 0 Å². The van der Waals surface area contributed by atoms with Crippen LogP contribution in [-0.4, -0.2) is 6.21 Å². The lowest BCUT2D eigenvalue weighted by Gasteiger charge is -2.03. The Labute approximate surface area is 107 Å². The van der Waals surface area contributed by atoms with E-state index in [2.05, 4.69) is 24.9 Å². The summed E-state index contributed by atoms with van der Waals surface area (Å²) in [5.41, 5.74) is 4.38. The highest BCUT2D eigenvalue weighted by molar-refractivity contribution is 6.33. The molecular weight excluding hydrogens is 230 g/mol. The molecule has 0 atom stereocenters. The topological polar surface area (TPSA) is 12.4 Å². The molecule has 17 heavy (non-hydrogen) atoms. The molecule has 0 fully saturated rings. The van der Waals surface area contributed by atoms with Gasteiger partial charge in [-0.25, -0.2) is 0 Å². The van der Waals surface area contributed by atoms with Crippen molar-refractivity contribution in [3.8, 4) is 0 Å². The quantitative estimate of drug-likeness (QED) is 0.678. The standard InChI is InChI=1S/C15H14ClN/c1-11-6-5-9-15(12(11)2)17-10-13-7-3-4-8-14(13)16/h3-10H,1-2H3. The molecule has 0 saturated heterocycles. The van der Waals surface area contributed by atoms with Crippen molar-refractivity contribution >= 4 is 23.5 Å². The first-order chi connectivity index (χ1) is 8.18. The first kappa shape index (κ1) is 11.9. The van der Waals surface area contributed by atoms with E-state index in [4.69, 9.17) is 11.6 Å². The summed E-state index contributed by atoms with van der Waals surface area (Å²) in [6.07, 6.45) is 1.81. The molecule has 0 saturated carbocycles. The van der Waals surface area contributed by atoms with E-state index < -0.39 is 0 Å². The molecule has 0 bridgehead atoms. The molecule has 0 spiro atoms. The second-order valence-corrected chi connectivity index (χ2v) is 4.41. The van der Waals surface area contributed by atoms with Crippen molar-refractivity contribution in [2.45, 2.75) is 13.8 Å². The van der Waals surface area contributed by atoms with Crippen molar-refractivity contribution < 1.29 is 0 Å². The maximum atomic E-state index is 6.07. The molecule has 0 radical (unpaired) electrons. The molecule has 0 unspecified atom stereocenters. The van der Waals surface area contributed by atoms with Crippen molar-refractivity contribution in [3.63, 3.8) is 0 Å². The first-order valence-electron chi connectivity index (χ1n) is 5.53. The van der Waals surface area contributed by atoms with Crippen molar-refractivity contribution in [1.29, 1.82) is 0 Å². The highest BCUT2D eigenvalue weighted by Crippen LogP contribution is 2.21.